The zero-order chi connectivity index (χ0) is 10.4. The van der Waals surface area contributed by atoms with Crippen LogP contribution in [0.3, 0.4) is 0 Å². The van der Waals surface area contributed by atoms with E-state index in [0.29, 0.717) is 0 Å². The van der Waals surface area contributed by atoms with Crippen molar-refractivity contribution in [3.63, 3.8) is 0 Å². The topological polar surface area (TPSA) is 26.0 Å². The molecular formula is C10H25N2+. The third-order valence-corrected chi connectivity index (χ3v) is 1.41. The highest BCUT2D eigenvalue weighted by atomic mass is 15.4. The van der Waals surface area contributed by atoms with Crippen LogP contribution in [0, 0.1) is 0 Å². The number of rotatable bonds is 2. The Labute approximate surface area is 77.6 Å². The maximum atomic E-state index is 5.72. The van der Waals surface area contributed by atoms with Gasteiger partial charge in [0.1, 0.15) is 6.17 Å². The maximum Gasteiger partial charge on any atom is 0.139 e. The van der Waals surface area contributed by atoms with E-state index < -0.39 is 0 Å². The van der Waals surface area contributed by atoms with Gasteiger partial charge in [-0.2, -0.15) is 0 Å². The second-order valence-electron chi connectivity index (χ2n) is 4.30. The summed E-state index contributed by atoms with van der Waals surface area (Å²) in [6.07, 6.45) is 1.33. The molecule has 0 aromatic carbocycles. The number of allylic oxidation sites excluding steroid dienone is 1. The van der Waals surface area contributed by atoms with Crippen LogP contribution in [-0.4, -0.2) is 31.8 Å². The Balaban J connectivity index is 0. The largest absolute Gasteiger partial charge is 0.316 e. The van der Waals surface area contributed by atoms with Gasteiger partial charge in [-0.15, -0.1) is 6.58 Å². The monoisotopic (exact) mass is 173 g/mol. The fraction of sp³-hybridized carbons (Fsp3) is 0.800. The molecule has 74 valence electrons. The summed E-state index contributed by atoms with van der Waals surface area (Å²) in [5.41, 5.74) is 6.89. The summed E-state index contributed by atoms with van der Waals surface area (Å²) in [4.78, 5) is 0. The smallest absolute Gasteiger partial charge is 0.139 e. The van der Waals surface area contributed by atoms with Crippen molar-refractivity contribution in [2.24, 2.45) is 5.73 Å². The molecule has 0 fully saturated rings. The van der Waals surface area contributed by atoms with Crippen LogP contribution >= 0.6 is 0 Å². The highest BCUT2D eigenvalue weighted by Crippen LogP contribution is 1.98. The number of hydrogen-bond donors (Lipinski definition) is 1. The second-order valence-corrected chi connectivity index (χ2v) is 4.30. The first kappa shape index (κ1) is 14.2. The third-order valence-electron chi connectivity index (χ3n) is 1.41. The molecule has 0 heterocycles. The first-order chi connectivity index (χ1) is 5.21. The third kappa shape index (κ3) is 12.3. The van der Waals surface area contributed by atoms with Crippen molar-refractivity contribution >= 4 is 0 Å². The lowest BCUT2D eigenvalue weighted by atomic mass is 10.3. The van der Waals surface area contributed by atoms with Crippen LogP contribution in [0.2, 0.25) is 0 Å². The average Bonchev–Trinajstić information content (AvgIpc) is 1.82. The molecule has 0 spiro atoms. The van der Waals surface area contributed by atoms with Gasteiger partial charge in [0.2, 0.25) is 0 Å². The van der Waals surface area contributed by atoms with E-state index in [9.17, 15) is 0 Å². The quantitative estimate of drug-likeness (QED) is 0.386. The predicted octanol–water partition coefficient (Wildman–Crippen LogP) is 1.97. The molecule has 0 aromatic rings. The molecular weight excluding hydrogens is 148 g/mol. The predicted molar refractivity (Wildman–Crippen MR) is 56.8 cm³/mol. The zero-order valence-electron chi connectivity index (χ0n) is 9.52. The van der Waals surface area contributed by atoms with Crippen molar-refractivity contribution in [1.29, 1.82) is 0 Å². The van der Waals surface area contributed by atoms with Crippen molar-refractivity contribution < 1.29 is 4.48 Å². The summed E-state index contributed by atoms with van der Waals surface area (Å²) in [6, 6.07) is 0. The van der Waals surface area contributed by atoms with Gasteiger partial charge in [0.25, 0.3) is 0 Å². The number of nitrogens with two attached hydrogens (primary N) is 1. The molecule has 2 heteroatoms. The van der Waals surface area contributed by atoms with Crippen LogP contribution in [0.5, 0.6) is 0 Å². The Kier molecular flexibility index (Phi) is 7.34. The maximum absolute atomic E-state index is 5.72. The van der Waals surface area contributed by atoms with E-state index in [2.05, 4.69) is 34.6 Å². The molecule has 0 aliphatic heterocycles. The highest BCUT2D eigenvalue weighted by molar-refractivity contribution is 4.78. The molecule has 0 aromatic heterocycles. The minimum atomic E-state index is 0.287. The van der Waals surface area contributed by atoms with Gasteiger partial charge in [0.15, 0.2) is 0 Å². The van der Waals surface area contributed by atoms with E-state index in [0.717, 1.165) is 10.9 Å². The highest BCUT2D eigenvalue weighted by Gasteiger charge is 2.14. The van der Waals surface area contributed by atoms with E-state index in [1.165, 1.54) is 5.57 Å². The molecule has 0 radical (unpaired) electrons. The lowest BCUT2D eigenvalue weighted by Gasteiger charge is -2.30. The van der Waals surface area contributed by atoms with Gasteiger partial charge in [-0.05, 0) is 13.8 Å². The van der Waals surface area contributed by atoms with Crippen molar-refractivity contribution in [3.8, 4) is 0 Å². The van der Waals surface area contributed by atoms with Gasteiger partial charge in [0, 0.05) is 6.42 Å². The molecule has 0 rings (SSSR count). The fourth-order valence-corrected chi connectivity index (χ4v) is 0.548. The van der Waals surface area contributed by atoms with E-state index >= 15 is 0 Å². The number of nitrogens with zero attached hydrogens (tertiary/aromatic N) is 1. The van der Waals surface area contributed by atoms with Crippen LogP contribution in [0.25, 0.3) is 0 Å². The molecule has 12 heavy (non-hydrogen) atoms. The summed E-state index contributed by atoms with van der Waals surface area (Å²) < 4.78 is 0.858. The molecule has 0 saturated heterocycles. The second kappa shape index (κ2) is 6.21. The van der Waals surface area contributed by atoms with Gasteiger partial charge in [-0.25, -0.2) is 0 Å². The zero-order valence-corrected chi connectivity index (χ0v) is 9.52. The van der Waals surface area contributed by atoms with E-state index in [-0.39, 0.29) is 6.17 Å². The summed E-state index contributed by atoms with van der Waals surface area (Å²) in [5, 5.41) is 0. The van der Waals surface area contributed by atoms with Crippen LogP contribution in [0.4, 0.5) is 0 Å². The Morgan fingerprint density at radius 1 is 1.33 bits per heavy atom. The van der Waals surface area contributed by atoms with Crippen LogP contribution in [0.15, 0.2) is 12.2 Å². The lowest BCUT2D eigenvalue weighted by molar-refractivity contribution is -0.895. The van der Waals surface area contributed by atoms with Gasteiger partial charge in [0.05, 0.1) is 21.1 Å². The van der Waals surface area contributed by atoms with Gasteiger partial charge < -0.3 is 4.48 Å². The van der Waals surface area contributed by atoms with Crippen LogP contribution < -0.4 is 5.73 Å². The SMILES string of the molecule is C=C(C)C.CCC(N)[N+](C)(C)C. The molecule has 0 aliphatic carbocycles. The first-order valence-corrected chi connectivity index (χ1v) is 4.40. The van der Waals surface area contributed by atoms with E-state index in [1.807, 2.05) is 13.8 Å². The molecule has 0 aliphatic rings. The van der Waals surface area contributed by atoms with Crippen LogP contribution in [-0.2, 0) is 0 Å². The summed E-state index contributed by atoms with van der Waals surface area (Å²) in [7, 11) is 6.32. The normalized spacial score (nSPS) is 12.9. The van der Waals surface area contributed by atoms with Gasteiger partial charge >= 0.3 is 0 Å². The molecule has 1 unspecified atom stereocenters. The first-order valence-electron chi connectivity index (χ1n) is 4.40. The molecule has 2 N–H and O–H groups in total. The van der Waals surface area contributed by atoms with Crippen LogP contribution in [0.1, 0.15) is 27.2 Å². The van der Waals surface area contributed by atoms with Crippen molar-refractivity contribution in [2.75, 3.05) is 21.1 Å². The Hall–Kier alpha value is -0.340. The molecule has 2 nitrogen and oxygen atoms in total. The molecule has 0 amide bonds. The van der Waals surface area contributed by atoms with Crippen molar-refractivity contribution in [2.45, 2.75) is 33.4 Å². The Morgan fingerprint density at radius 2 is 1.58 bits per heavy atom. The van der Waals surface area contributed by atoms with Crippen molar-refractivity contribution in [1.82, 2.24) is 0 Å². The number of quaternary nitrogens is 1. The Morgan fingerprint density at radius 3 is 1.58 bits per heavy atom. The lowest BCUT2D eigenvalue weighted by Crippen LogP contribution is -2.50. The summed E-state index contributed by atoms with van der Waals surface area (Å²) in [6.45, 7) is 9.61. The molecule has 1 atom stereocenters. The Bertz CT molecular complexity index is 118. The fourth-order valence-electron chi connectivity index (χ4n) is 0.548. The van der Waals surface area contributed by atoms with E-state index in [1.54, 1.807) is 0 Å². The minimum absolute atomic E-state index is 0.287. The van der Waals surface area contributed by atoms with E-state index in [4.69, 9.17) is 5.73 Å². The average molecular weight is 173 g/mol. The van der Waals surface area contributed by atoms with Gasteiger partial charge in [-0.1, -0.05) is 12.5 Å². The minimum Gasteiger partial charge on any atom is -0.316 e. The summed E-state index contributed by atoms with van der Waals surface area (Å²) in [5.74, 6) is 0. The molecule has 0 bridgehead atoms. The number of hydrogen-bond acceptors (Lipinski definition) is 1. The van der Waals surface area contributed by atoms with Crippen molar-refractivity contribution in [3.05, 3.63) is 12.2 Å². The van der Waals surface area contributed by atoms with Gasteiger partial charge in [-0.3, -0.25) is 5.73 Å². The molecule has 0 saturated carbocycles. The standard InChI is InChI=1S/C6H17N2.C4H8/c1-5-6(7)8(2,3)4;1-4(2)3/h6H,5,7H2,1-4H3;1H2,2-3H3/q+1;. The summed E-state index contributed by atoms with van der Waals surface area (Å²) >= 11 is 0.